The zero-order valence-electron chi connectivity index (χ0n) is 22.6. The van der Waals surface area contributed by atoms with Gasteiger partial charge in [-0.15, -0.1) is 0 Å². The third kappa shape index (κ3) is 12.4. The SMILES string of the molecule is CC(Cc1ccc(N(C)C)cc1)NCC(CCCc1ccccc1)c1ccccc1.O=C(O)/C=C\C(=O)O. The first-order valence-electron chi connectivity index (χ1n) is 13.0. The van der Waals surface area contributed by atoms with Crippen molar-refractivity contribution < 1.29 is 19.8 Å². The van der Waals surface area contributed by atoms with Gasteiger partial charge in [0, 0.05) is 44.5 Å². The minimum absolute atomic E-state index is 0.454. The molecule has 3 aromatic rings. The fraction of sp³-hybridized carbons (Fsp3) is 0.312. The van der Waals surface area contributed by atoms with Gasteiger partial charge in [-0.2, -0.15) is 0 Å². The second-order valence-electron chi connectivity index (χ2n) is 9.57. The number of aliphatic carboxylic acids is 2. The molecule has 0 saturated carbocycles. The van der Waals surface area contributed by atoms with Crippen LogP contribution < -0.4 is 10.2 Å². The van der Waals surface area contributed by atoms with Crippen molar-refractivity contribution in [1.82, 2.24) is 5.32 Å². The summed E-state index contributed by atoms with van der Waals surface area (Å²) >= 11 is 0. The molecule has 3 N–H and O–H groups in total. The standard InChI is InChI=1S/C28H36N2.C4H4O4/c1-23(21-25-17-19-28(20-18-25)30(2)3)29-22-27(26-14-8-5-9-15-26)16-10-13-24-11-6-4-7-12-24;5-3(6)1-2-4(7)8/h4-9,11-12,14-15,17-20,23,27,29H,10,13,16,21-22H2,1-3H3;1-2H,(H,5,6)(H,7,8)/b;2-1-. The lowest BCUT2D eigenvalue weighted by molar-refractivity contribution is -0.134. The summed E-state index contributed by atoms with van der Waals surface area (Å²) in [5.41, 5.74) is 5.52. The van der Waals surface area contributed by atoms with E-state index in [1.165, 1.54) is 35.2 Å². The van der Waals surface area contributed by atoms with Gasteiger partial charge in [0.1, 0.15) is 0 Å². The average Bonchev–Trinajstić information content (AvgIpc) is 2.91. The molecule has 3 rings (SSSR count). The molecule has 2 atom stereocenters. The highest BCUT2D eigenvalue weighted by Gasteiger charge is 2.13. The normalized spacial score (nSPS) is 12.3. The predicted molar refractivity (Wildman–Crippen MR) is 155 cm³/mol. The van der Waals surface area contributed by atoms with Crippen molar-refractivity contribution in [2.75, 3.05) is 25.5 Å². The first kappa shape index (κ1) is 30.3. The molecule has 38 heavy (non-hydrogen) atoms. The van der Waals surface area contributed by atoms with E-state index in [0.717, 1.165) is 19.4 Å². The summed E-state index contributed by atoms with van der Waals surface area (Å²) in [5, 5.41) is 19.4. The number of nitrogens with one attached hydrogen (secondary N) is 1. The average molecular weight is 517 g/mol. The summed E-state index contributed by atoms with van der Waals surface area (Å²) in [6.45, 7) is 3.32. The van der Waals surface area contributed by atoms with Gasteiger partial charge in [-0.25, -0.2) is 9.59 Å². The Morgan fingerprint density at radius 3 is 1.89 bits per heavy atom. The van der Waals surface area contributed by atoms with E-state index in [4.69, 9.17) is 10.2 Å². The largest absolute Gasteiger partial charge is 0.478 e. The molecule has 0 aliphatic carbocycles. The molecule has 0 bridgehead atoms. The lowest BCUT2D eigenvalue weighted by Gasteiger charge is -2.22. The minimum atomic E-state index is -1.26. The molecule has 6 nitrogen and oxygen atoms in total. The summed E-state index contributed by atoms with van der Waals surface area (Å²) in [5.74, 6) is -1.96. The Morgan fingerprint density at radius 1 is 0.816 bits per heavy atom. The number of hydrogen-bond acceptors (Lipinski definition) is 4. The molecule has 0 radical (unpaired) electrons. The molecule has 2 unspecified atom stereocenters. The molecule has 0 amide bonds. The summed E-state index contributed by atoms with van der Waals surface area (Å²) < 4.78 is 0. The van der Waals surface area contributed by atoms with Gasteiger partial charge in [0.15, 0.2) is 0 Å². The summed E-state index contributed by atoms with van der Waals surface area (Å²) in [6.07, 6.45) is 5.74. The Labute approximate surface area is 226 Å². The molecule has 0 spiro atoms. The highest BCUT2D eigenvalue weighted by atomic mass is 16.4. The Morgan fingerprint density at radius 2 is 1.37 bits per heavy atom. The number of carboxylic acids is 2. The second-order valence-corrected chi connectivity index (χ2v) is 9.57. The van der Waals surface area contributed by atoms with Gasteiger partial charge in [0.25, 0.3) is 0 Å². The fourth-order valence-corrected chi connectivity index (χ4v) is 4.15. The van der Waals surface area contributed by atoms with Crippen LogP contribution in [0.15, 0.2) is 97.1 Å². The van der Waals surface area contributed by atoms with E-state index in [-0.39, 0.29) is 0 Å². The van der Waals surface area contributed by atoms with Crippen molar-refractivity contribution in [3.05, 3.63) is 114 Å². The number of aryl methyl sites for hydroxylation is 1. The Kier molecular flexibility index (Phi) is 13.4. The van der Waals surface area contributed by atoms with E-state index in [0.29, 0.717) is 24.1 Å². The van der Waals surface area contributed by atoms with Crippen LogP contribution in [0.2, 0.25) is 0 Å². The van der Waals surface area contributed by atoms with Crippen LogP contribution in [0.3, 0.4) is 0 Å². The van der Waals surface area contributed by atoms with Crippen LogP contribution >= 0.6 is 0 Å². The van der Waals surface area contributed by atoms with Crippen molar-refractivity contribution in [2.45, 2.75) is 44.6 Å². The van der Waals surface area contributed by atoms with Crippen LogP contribution in [0, 0.1) is 0 Å². The van der Waals surface area contributed by atoms with Crippen LogP contribution in [-0.4, -0.2) is 48.8 Å². The van der Waals surface area contributed by atoms with Crippen LogP contribution in [0.5, 0.6) is 0 Å². The predicted octanol–water partition coefficient (Wildman–Crippen LogP) is 5.79. The highest BCUT2D eigenvalue weighted by molar-refractivity contribution is 5.89. The van der Waals surface area contributed by atoms with E-state index in [1.54, 1.807) is 0 Å². The number of anilines is 1. The summed E-state index contributed by atoms with van der Waals surface area (Å²) in [4.78, 5) is 21.3. The van der Waals surface area contributed by atoms with Gasteiger partial charge in [-0.1, -0.05) is 72.8 Å². The molecule has 0 fully saturated rings. The molecule has 0 aromatic heterocycles. The summed E-state index contributed by atoms with van der Waals surface area (Å²) in [6, 6.07) is 31.2. The Bertz CT molecular complexity index is 1100. The fourth-order valence-electron chi connectivity index (χ4n) is 4.15. The van der Waals surface area contributed by atoms with Crippen LogP contribution in [0.1, 0.15) is 42.4 Å². The van der Waals surface area contributed by atoms with Crippen molar-refractivity contribution in [2.24, 2.45) is 0 Å². The van der Waals surface area contributed by atoms with Gasteiger partial charge in [0.05, 0.1) is 0 Å². The molecule has 0 aliphatic heterocycles. The van der Waals surface area contributed by atoms with Gasteiger partial charge in [-0.3, -0.25) is 0 Å². The van der Waals surface area contributed by atoms with E-state index in [9.17, 15) is 9.59 Å². The molecule has 0 aliphatic rings. The van der Waals surface area contributed by atoms with E-state index < -0.39 is 11.9 Å². The van der Waals surface area contributed by atoms with Gasteiger partial charge in [-0.05, 0) is 67.3 Å². The first-order valence-corrected chi connectivity index (χ1v) is 13.0. The third-order valence-electron chi connectivity index (χ3n) is 6.21. The number of hydrogen-bond donors (Lipinski definition) is 3. The topological polar surface area (TPSA) is 89.9 Å². The smallest absolute Gasteiger partial charge is 0.328 e. The van der Waals surface area contributed by atoms with Crippen LogP contribution in [0.25, 0.3) is 0 Å². The monoisotopic (exact) mass is 516 g/mol. The van der Waals surface area contributed by atoms with Gasteiger partial charge >= 0.3 is 11.9 Å². The van der Waals surface area contributed by atoms with Crippen LogP contribution in [0.4, 0.5) is 5.69 Å². The molecular formula is C32H40N2O4. The molecule has 6 heteroatoms. The molecular weight excluding hydrogens is 476 g/mol. The number of benzene rings is 3. The zero-order chi connectivity index (χ0) is 27.8. The Hall–Kier alpha value is -3.90. The third-order valence-corrected chi connectivity index (χ3v) is 6.21. The number of carboxylic acid groups (broad SMARTS) is 2. The van der Waals surface area contributed by atoms with Crippen molar-refractivity contribution >= 4 is 17.6 Å². The molecule has 3 aromatic carbocycles. The van der Waals surface area contributed by atoms with Crippen LogP contribution in [-0.2, 0) is 22.4 Å². The quantitative estimate of drug-likeness (QED) is 0.249. The molecule has 0 saturated heterocycles. The highest BCUT2D eigenvalue weighted by Crippen LogP contribution is 2.22. The maximum absolute atomic E-state index is 9.55. The Balaban J connectivity index is 0.000000550. The molecule has 0 heterocycles. The van der Waals surface area contributed by atoms with Crippen molar-refractivity contribution in [3.63, 3.8) is 0 Å². The maximum atomic E-state index is 9.55. The van der Waals surface area contributed by atoms with E-state index in [2.05, 4.69) is 116 Å². The number of nitrogens with zero attached hydrogens (tertiary/aromatic N) is 1. The number of carbonyl (C=O) groups is 2. The maximum Gasteiger partial charge on any atom is 0.328 e. The first-order chi connectivity index (χ1) is 18.2. The lowest BCUT2D eigenvalue weighted by atomic mass is 9.92. The zero-order valence-corrected chi connectivity index (χ0v) is 22.6. The second kappa shape index (κ2) is 16.8. The van der Waals surface area contributed by atoms with Crippen molar-refractivity contribution in [1.29, 1.82) is 0 Å². The number of rotatable bonds is 13. The van der Waals surface area contributed by atoms with E-state index in [1.807, 2.05) is 0 Å². The minimum Gasteiger partial charge on any atom is -0.478 e. The molecule has 202 valence electrons. The lowest BCUT2D eigenvalue weighted by Crippen LogP contribution is -2.32. The van der Waals surface area contributed by atoms with Gasteiger partial charge in [0.2, 0.25) is 0 Å². The van der Waals surface area contributed by atoms with Crippen molar-refractivity contribution in [3.8, 4) is 0 Å². The van der Waals surface area contributed by atoms with Gasteiger partial charge < -0.3 is 20.4 Å². The van der Waals surface area contributed by atoms with E-state index >= 15 is 0 Å². The summed E-state index contributed by atoms with van der Waals surface area (Å²) in [7, 11) is 4.17.